The molecule has 2 amide bonds. The number of aromatic nitrogens is 2. The Kier molecular flexibility index (Phi) is 6.85. The molecule has 1 saturated heterocycles. The van der Waals surface area contributed by atoms with Crippen LogP contribution < -0.4 is 20.9 Å². The van der Waals surface area contributed by atoms with E-state index in [0.29, 0.717) is 46.2 Å². The number of piperidine rings is 1. The first-order valence-electron chi connectivity index (χ1n) is 13.1. The van der Waals surface area contributed by atoms with Crippen LogP contribution in [0.4, 0.5) is 35.2 Å². The Morgan fingerprint density at radius 1 is 1.17 bits per heavy atom. The lowest BCUT2D eigenvalue weighted by atomic mass is 9.99. The number of hydrogen-bond donors (Lipinski definition) is 2. The average molecular weight is 559 g/mol. The fourth-order valence-corrected chi connectivity index (χ4v) is 5.31. The molecule has 2 aliphatic heterocycles. The number of pyridine rings is 1. The van der Waals surface area contributed by atoms with Crippen LogP contribution >= 0.6 is 0 Å². The molecule has 2 aliphatic rings. The smallest absolute Gasteiger partial charge is 0.416 e. The van der Waals surface area contributed by atoms with Crippen molar-refractivity contribution >= 4 is 23.2 Å². The number of rotatable bonds is 3. The van der Waals surface area contributed by atoms with Gasteiger partial charge in [0.25, 0.3) is 0 Å². The number of oxazole rings is 1. The van der Waals surface area contributed by atoms with Crippen molar-refractivity contribution in [1.82, 2.24) is 9.97 Å². The van der Waals surface area contributed by atoms with E-state index in [0.717, 1.165) is 37.2 Å². The lowest BCUT2D eigenvalue weighted by molar-refractivity contribution is -0.137. The summed E-state index contributed by atoms with van der Waals surface area (Å²) in [6.07, 6.45) is 0.0667. The van der Waals surface area contributed by atoms with Crippen LogP contribution in [0.3, 0.4) is 0 Å². The Morgan fingerprint density at radius 3 is 2.83 bits per heavy atom. The lowest BCUT2D eigenvalue weighted by Crippen LogP contribution is -2.56. The van der Waals surface area contributed by atoms with Gasteiger partial charge in [-0.25, -0.2) is 14.8 Å². The molecule has 41 heavy (non-hydrogen) atoms. The van der Waals surface area contributed by atoms with Crippen LogP contribution in [0.2, 0.25) is 0 Å². The zero-order valence-corrected chi connectivity index (χ0v) is 21.8. The summed E-state index contributed by atoms with van der Waals surface area (Å²) in [5, 5.41) is 2.97. The van der Waals surface area contributed by atoms with E-state index in [2.05, 4.69) is 27.0 Å². The highest BCUT2D eigenvalue weighted by atomic mass is 19.4. The second kappa shape index (κ2) is 10.6. The molecule has 2 aromatic carbocycles. The molecular weight excluding hydrogens is 533 g/mol. The number of alkyl halides is 3. The third-order valence-electron chi connectivity index (χ3n) is 7.18. The van der Waals surface area contributed by atoms with E-state index in [9.17, 15) is 18.0 Å². The van der Waals surface area contributed by atoms with E-state index in [1.807, 2.05) is 6.07 Å². The minimum atomic E-state index is -4.48. The fraction of sp³-hybridized carbons (Fsp3) is 0.233. The van der Waals surface area contributed by atoms with Gasteiger partial charge in [-0.2, -0.15) is 13.2 Å². The Balaban J connectivity index is 1.36. The van der Waals surface area contributed by atoms with Crippen LogP contribution in [0.15, 0.2) is 71.6 Å². The zero-order chi connectivity index (χ0) is 28.6. The van der Waals surface area contributed by atoms with Crippen molar-refractivity contribution in [3.05, 3.63) is 78.3 Å². The Hall–Kier alpha value is -4.82. The van der Waals surface area contributed by atoms with Gasteiger partial charge in [0.2, 0.25) is 0 Å². The summed E-state index contributed by atoms with van der Waals surface area (Å²) in [5.41, 5.74) is 8.05. The Bertz CT molecular complexity index is 1660. The summed E-state index contributed by atoms with van der Waals surface area (Å²) < 4.78 is 45.6. The molecule has 4 heterocycles. The van der Waals surface area contributed by atoms with Gasteiger partial charge in [-0.1, -0.05) is 24.0 Å². The first-order chi connectivity index (χ1) is 19.8. The molecule has 0 saturated carbocycles. The van der Waals surface area contributed by atoms with E-state index in [1.165, 1.54) is 12.5 Å². The van der Waals surface area contributed by atoms with Crippen LogP contribution in [0.1, 0.15) is 24.0 Å². The van der Waals surface area contributed by atoms with Crippen molar-refractivity contribution in [1.29, 1.82) is 0 Å². The first kappa shape index (κ1) is 26.4. The topological polar surface area (TPSA) is 101 Å². The maximum atomic E-state index is 13.8. The number of benzene rings is 2. The van der Waals surface area contributed by atoms with E-state index in [1.54, 1.807) is 41.4 Å². The highest BCUT2D eigenvalue weighted by Crippen LogP contribution is 2.40. The van der Waals surface area contributed by atoms with Gasteiger partial charge in [0.05, 0.1) is 35.7 Å². The zero-order valence-electron chi connectivity index (χ0n) is 21.8. The van der Waals surface area contributed by atoms with Crippen molar-refractivity contribution in [2.24, 2.45) is 5.73 Å². The predicted molar refractivity (Wildman–Crippen MR) is 149 cm³/mol. The maximum Gasteiger partial charge on any atom is 0.416 e. The minimum absolute atomic E-state index is 0.149. The second-order valence-electron chi connectivity index (χ2n) is 9.79. The van der Waals surface area contributed by atoms with Crippen molar-refractivity contribution in [3.8, 4) is 34.4 Å². The highest BCUT2D eigenvalue weighted by molar-refractivity contribution is 6.05. The van der Waals surface area contributed by atoms with Crippen LogP contribution in [0, 0.1) is 11.8 Å². The number of hydrogen-bond acceptors (Lipinski definition) is 6. The van der Waals surface area contributed by atoms with Gasteiger partial charge in [-0.3, -0.25) is 4.90 Å². The number of anilines is 3. The van der Waals surface area contributed by atoms with Gasteiger partial charge >= 0.3 is 12.2 Å². The number of carbonyl (C=O) groups excluding carboxylic acids is 1. The average Bonchev–Trinajstić information content (AvgIpc) is 3.51. The third-order valence-corrected chi connectivity index (χ3v) is 7.18. The molecule has 2 aromatic heterocycles. The molecule has 0 aliphatic carbocycles. The number of fused-ring (bicyclic) bond motifs is 4. The lowest BCUT2D eigenvalue weighted by Gasteiger charge is -2.45. The molecule has 6 rings (SSSR count). The summed E-state index contributed by atoms with van der Waals surface area (Å²) in [4.78, 5) is 26.4. The van der Waals surface area contributed by atoms with Crippen LogP contribution in [-0.2, 0) is 6.18 Å². The van der Waals surface area contributed by atoms with Crippen molar-refractivity contribution in [3.63, 3.8) is 0 Å². The van der Waals surface area contributed by atoms with E-state index in [-0.39, 0.29) is 12.6 Å². The van der Waals surface area contributed by atoms with Crippen LogP contribution in [0.25, 0.3) is 22.6 Å². The second-order valence-corrected chi connectivity index (χ2v) is 9.79. The van der Waals surface area contributed by atoms with Crippen molar-refractivity contribution in [2.45, 2.75) is 25.1 Å². The number of amides is 2. The summed E-state index contributed by atoms with van der Waals surface area (Å²) in [5.74, 6) is 6.74. The van der Waals surface area contributed by atoms with E-state index in [4.69, 9.17) is 15.1 Å². The summed E-state index contributed by atoms with van der Waals surface area (Å²) in [6, 6.07) is 13.3. The summed E-state index contributed by atoms with van der Waals surface area (Å²) >= 11 is 0. The molecule has 0 unspecified atom stereocenters. The van der Waals surface area contributed by atoms with Gasteiger partial charge in [-0.15, -0.1) is 0 Å². The van der Waals surface area contributed by atoms with Crippen molar-refractivity contribution < 1.29 is 22.4 Å². The molecule has 2 bridgehead atoms. The molecule has 11 heteroatoms. The molecule has 4 aromatic rings. The Morgan fingerprint density at radius 2 is 2.05 bits per heavy atom. The number of urea groups is 1. The molecule has 1 atom stereocenters. The standard InChI is InChI=1S/C30H25F3N6O2/c31-30(32,33)21-6-1-4-20(14-21)25-10-11-26-28(37-25)39(23-7-3-13-38(26)17-23)29(40)36-22-9-8-19(5-2-12-34)24(15-22)27-16-35-18-41-27/h1,4,6,8-11,14-16,18,23H,3,7,12-13,17,34H2,(H,36,40)/t23-/m0/s1. The number of carbonyl (C=O) groups is 1. The van der Waals surface area contributed by atoms with E-state index >= 15 is 0 Å². The summed E-state index contributed by atoms with van der Waals surface area (Å²) in [6.45, 7) is 1.65. The third kappa shape index (κ3) is 5.21. The normalized spacial score (nSPS) is 16.0. The van der Waals surface area contributed by atoms with Gasteiger partial charge in [0, 0.05) is 35.5 Å². The van der Waals surface area contributed by atoms with Crippen LogP contribution in [-0.4, -0.2) is 41.7 Å². The Labute approximate surface area is 234 Å². The molecule has 1 fully saturated rings. The first-order valence-corrected chi connectivity index (χ1v) is 13.1. The van der Waals surface area contributed by atoms with Crippen molar-refractivity contribution in [2.75, 3.05) is 34.8 Å². The SMILES string of the molecule is NCC#Cc1ccc(NC(=O)N2c3nc(-c4cccc(C(F)(F)F)c4)ccc3N3CCC[C@H]2C3)cc1-c1cnco1. The monoisotopic (exact) mass is 558 g/mol. The largest absolute Gasteiger partial charge is 0.443 e. The van der Waals surface area contributed by atoms with Crippen LogP contribution in [0.5, 0.6) is 0 Å². The number of nitrogens with zero attached hydrogens (tertiary/aromatic N) is 4. The fourth-order valence-electron chi connectivity index (χ4n) is 5.31. The highest BCUT2D eigenvalue weighted by Gasteiger charge is 2.38. The molecule has 208 valence electrons. The molecule has 0 radical (unpaired) electrons. The van der Waals surface area contributed by atoms with Gasteiger partial charge < -0.3 is 20.4 Å². The number of halogens is 3. The molecule has 0 spiro atoms. The number of nitrogens with one attached hydrogen (secondary N) is 1. The molecule has 8 nitrogen and oxygen atoms in total. The summed E-state index contributed by atoms with van der Waals surface area (Å²) in [7, 11) is 0. The van der Waals surface area contributed by atoms with Gasteiger partial charge in [0.1, 0.15) is 0 Å². The molecule has 3 N–H and O–H groups in total. The minimum Gasteiger partial charge on any atom is -0.443 e. The molecular formula is C30H25F3N6O2. The van der Waals surface area contributed by atoms with Gasteiger partial charge in [0.15, 0.2) is 18.0 Å². The van der Waals surface area contributed by atoms with Gasteiger partial charge in [-0.05, 0) is 55.3 Å². The van der Waals surface area contributed by atoms with E-state index < -0.39 is 17.8 Å². The maximum absolute atomic E-state index is 13.8. The number of nitrogens with two attached hydrogens (primary N) is 1. The predicted octanol–water partition coefficient (Wildman–Crippen LogP) is 5.75. The quantitative estimate of drug-likeness (QED) is 0.311.